The van der Waals surface area contributed by atoms with E-state index in [2.05, 4.69) is 19.2 Å². The lowest BCUT2D eigenvalue weighted by Crippen LogP contribution is -2.30. The zero-order chi connectivity index (χ0) is 15.5. The maximum atomic E-state index is 11.6. The van der Waals surface area contributed by atoms with Gasteiger partial charge >= 0.3 is 5.97 Å². The van der Waals surface area contributed by atoms with Gasteiger partial charge in [-0.1, -0.05) is 26.8 Å². The molecular weight excluding hydrogens is 282 g/mol. The molecule has 2 N–H and O–H groups in total. The molecule has 0 aromatic heterocycles. The molecule has 1 fully saturated rings. The number of anilines is 1. The molecule has 3 nitrogen and oxygen atoms in total. The lowest BCUT2D eigenvalue weighted by atomic mass is 9.75. The van der Waals surface area contributed by atoms with Crippen molar-refractivity contribution in [3.8, 4) is 0 Å². The highest BCUT2D eigenvalue weighted by atomic mass is 32.2. The van der Waals surface area contributed by atoms with Crippen LogP contribution in [0.5, 0.6) is 0 Å². The molecule has 21 heavy (non-hydrogen) atoms. The van der Waals surface area contributed by atoms with Crippen molar-refractivity contribution in [1.82, 2.24) is 0 Å². The van der Waals surface area contributed by atoms with Crippen molar-refractivity contribution < 1.29 is 9.90 Å². The van der Waals surface area contributed by atoms with Crippen LogP contribution in [0, 0.1) is 5.41 Å². The van der Waals surface area contributed by atoms with Crippen LogP contribution in [0.3, 0.4) is 0 Å². The summed E-state index contributed by atoms with van der Waals surface area (Å²) in [6, 6.07) is 6.12. The molecule has 1 aliphatic carbocycles. The average molecular weight is 307 g/mol. The molecule has 0 amide bonds. The number of hydrogen-bond donors (Lipinski definition) is 2. The van der Waals surface area contributed by atoms with Crippen molar-refractivity contribution in [3.05, 3.63) is 23.8 Å². The smallest absolute Gasteiger partial charge is 0.338 e. The quantitative estimate of drug-likeness (QED) is 0.761. The van der Waals surface area contributed by atoms with E-state index in [4.69, 9.17) is 0 Å². The summed E-state index contributed by atoms with van der Waals surface area (Å²) in [5.41, 5.74) is 1.62. The van der Waals surface area contributed by atoms with E-state index in [1.54, 1.807) is 11.8 Å². The SMILES string of the molecule is CCSc1cccc(NC2CCC(C)(C)CC2)c1C(=O)O. The topological polar surface area (TPSA) is 49.3 Å². The van der Waals surface area contributed by atoms with Gasteiger partial charge in [-0.15, -0.1) is 11.8 Å². The lowest BCUT2D eigenvalue weighted by Gasteiger charge is -2.35. The molecule has 1 aliphatic rings. The Morgan fingerprint density at radius 1 is 1.38 bits per heavy atom. The zero-order valence-corrected chi connectivity index (χ0v) is 13.9. The summed E-state index contributed by atoms with van der Waals surface area (Å²) in [5.74, 6) is 0.0339. The number of carbonyl (C=O) groups is 1. The summed E-state index contributed by atoms with van der Waals surface area (Å²) in [5, 5.41) is 13.0. The van der Waals surface area contributed by atoms with Gasteiger partial charge in [0, 0.05) is 10.9 Å². The Morgan fingerprint density at radius 2 is 2.05 bits per heavy atom. The van der Waals surface area contributed by atoms with Crippen LogP contribution in [0.4, 0.5) is 5.69 Å². The highest BCUT2D eigenvalue weighted by Gasteiger charge is 2.27. The molecule has 2 rings (SSSR count). The Balaban J connectivity index is 2.16. The van der Waals surface area contributed by atoms with Crippen LogP contribution in [0.15, 0.2) is 23.1 Å². The molecule has 4 heteroatoms. The van der Waals surface area contributed by atoms with Crippen LogP contribution in [-0.2, 0) is 0 Å². The number of thioether (sulfide) groups is 1. The fourth-order valence-electron chi connectivity index (χ4n) is 2.91. The third kappa shape index (κ3) is 4.16. The van der Waals surface area contributed by atoms with E-state index in [9.17, 15) is 9.90 Å². The van der Waals surface area contributed by atoms with Crippen LogP contribution in [0.1, 0.15) is 56.8 Å². The van der Waals surface area contributed by atoms with Gasteiger partial charge in [0.05, 0.1) is 11.3 Å². The number of carboxylic acid groups (broad SMARTS) is 1. The predicted molar refractivity (Wildman–Crippen MR) is 89.5 cm³/mol. The standard InChI is InChI=1S/C17H25NO2S/c1-4-21-14-7-5-6-13(15(14)16(19)20)18-12-8-10-17(2,3)11-9-12/h5-7,12,18H,4,8-11H2,1-3H3,(H,19,20). The molecule has 0 atom stereocenters. The van der Waals surface area contributed by atoms with Crippen molar-refractivity contribution in [1.29, 1.82) is 0 Å². The van der Waals surface area contributed by atoms with Gasteiger partial charge in [-0.2, -0.15) is 0 Å². The van der Waals surface area contributed by atoms with E-state index in [0.29, 0.717) is 17.0 Å². The number of rotatable bonds is 5. The Labute approximate surface area is 131 Å². The minimum Gasteiger partial charge on any atom is -0.478 e. The first kappa shape index (κ1) is 16.2. The van der Waals surface area contributed by atoms with Gasteiger partial charge in [-0.25, -0.2) is 4.79 Å². The van der Waals surface area contributed by atoms with Gasteiger partial charge in [-0.3, -0.25) is 0 Å². The Kier molecular flexibility index (Phi) is 5.20. The average Bonchev–Trinajstić information content (AvgIpc) is 2.41. The van der Waals surface area contributed by atoms with Crippen LogP contribution >= 0.6 is 11.8 Å². The fraction of sp³-hybridized carbons (Fsp3) is 0.588. The third-order valence-electron chi connectivity index (χ3n) is 4.24. The second-order valence-corrected chi connectivity index (χ2v) is 7.81. The normalized spacial score (nSPS) is 18.4. The molecular formula is C17H25NO2S. The minimum absolute atomic E-state index is 0.387. The summed E-state index contributed by atoms with van der Waals surface area (Å²) in [6.45, 7) is 6.66. The molecule has 0 radical (unpaired) electrons. The van der Waals surface area contributed by atoms with Crippen LogP contribution in [-0.4, -0.2) is 22.9 Å². The molecule has 0 heterocycles. The first-order valence-electron chi connectivity index (χ1n) is 7.68. The Morgan fingerprint density at radius 3 is 2.62 bits per heavy atom. The first-order valence-corrected chi connectivity index (χ1v) is 8.67. The second kappa shape index (κ2) is 6.73. The maximum absolute atomic E-state index is 11.6. The number of carboxylic acids is 1. The van der Waals surface area contributed by atoms with Crippen molar-refractivity contribution in [2.45, 2.75) is 57.4 Å². The molecule has 116 valence electrons. The van der Waals surface area contributed by atoms with E-state index in [-0.39, 0.29) is 0 Å². The highest BCUT2D eigenvalue weighted by molar-refractivity contribution is 7.99. The van der Waals surface area contributed by atoms with Crippen molar-refractivity contribution in [2.24, 2.45) is 5.41 Å². The van der Waals surface area contributed by atoms with Gasteiger partial charge in [0.15, 0.2) is 0 Å². The molecule has 1 aromatic rings. The van der Waals surface area contributed by atoms with Gasteiger partial charge < -0.3 is 10.4 Å². The molecule has 0 saturated heterocycles. The lowest BCUT2D eigenvalue weighted by molar-refractivity contribution is 0.0694. The maximum Gasteiger partial charge on any atom is 0.338 e. The van der Waals surface area contributed by atoms with E-state index in [0.717, 1.165) is 29.2 Å². The summed E-state index contributed by atoms with van der Waals surface area (Å²) >= 11 is 1.59. The monoisotopic (exact) mass is 307 g/mol. The Bertz CT molecular complexity index is 504. The minimum atomic E-state index is -0.842. The van der Waals surface area contributed by atoms with Crippen LogP contribution in [0.25, 0.3) is 0 Å². The fourth-order valence-corrected chi connectivity index (χ4v) is 3.74. The molecule has 0 unspecified atom stereocenters. The number of hydrogen-bond acceptors (Lipinski definition) is 3. The first-order chi connectivity index (χ1) is 9.93. The van der Waals surface area contributed by atoms with E-state index < -0.39 is 5.97 Å². The summed E-state index contributed by atoms with van der Waals surface area (Å²) in [7, 11) is 0. The summed E-state index contributed by atoms with van der Waals surface area (Å²) in [6.07, 6.45) is 4.60. The summed E-state index contributed by atoms with van der Waals surface area (Å²) in [4.78, 5) is 12.5. The molecule has 0 aliphatic heterocycles. The molecule has 0 spiro atoms. The number of benzene rings is 1. The van der Waals surface area contributed by atoms with Gasteiger partial charge in [-0.05, 0) is 49.0 Å². The van der Waals surface area contributed by atoms with E-state index >= 15 is 0 Å². The Hall–Kier alpha value is -1.16. The van der Waals surface area contributed by atoms with E-state index in [1.807, 2.05) is 25.1 Å². The number of aromatic carboxylic acids is 1. The molecule has 0 bridgehead atoms. The van der Waals surface area contributed by atoms with Crippen molar-refractivity contribution in [3.63, 3.8) is 0 Å². The highest BCUT2D eigenvalue weighted by Crippen LogP contribution is 2.37. The van der Waals surface area contributed by atoms with Crippen molar-refractivity contribution >= 4 is 23.4 Å². The summed E-state index contributed by atoms with van der Waals surface area (Å²) < 4.78 is 0. The molecule has 1 aromatic carbocycles. The van der Waals surface area contributed by atoms with Crippen LogP contribution in [0.2, 0.25) is 0 Å². The predicted octanol–water partition coefficient (Wildman–Crippen LogP) is 4.88. The van der Waals surface area contributed by atoms with Gasteiger partial charge in [0.2, 0.25) is 0 Å². The third-order valence-corrected chi connectivity index (χ3v) is 5.18. The van der Waals surface area contributed by atoms with Crippen LogP contribution < -0.4 is 5.32 Å². The molecule has 1 saturated carbocycles. The van der Waals surface area contributed by atoms with Gasteiger partial charge in [0.1, 0.15) is 0 Å². The largest absolute Gasteiger partial charge is 0.478 e. The van der Waals surface area contributed by atoms with E-state index in [1.165, 1.54) is 12.8 Å². The van der Waals surface area contributed by atoms with Gasteiger partial charge in [0.25, 0.3) is 0 Å². The van der Waals surface area contributed by atoms with Crippen molar-refractivity contribution in [2.75, 3.05) is 11.1 Å². The zero-order valence-electron chi connectivity index (χ0n) is 13.1. The number of nitrogens with one attached hydrogen (secondary N) is 1. The second-order valence-electron chi connectivity index (χ2n) is 6.50.